The second kappa shape index (κ2) is 5.36. The number of benzene rings is 1. The SMILES string of the molecule is Cc1cc(Br)ccc1C(=O)NC(C(N)=S)C1CC1. The summed E-state index contributed by atoms with van der Waals surface area (Å²) in [5, 5.41) is 2.93. The molecule has 1 atom stereocenters. The van der Waals surface area contributed by atoms with E-state index >= 15 is 0 Å². The first-order valence-corrected chi connectivity index (χ1v) is 7.05. The lowest BCUT2D eigenvalue weighted by molar-refractivity contribution is 0.0943. The molecule has 0 spiro atoms. The Morgan fingerprint density at radius 3 is 2.72 bits per heavy atom. The number of hydrogen-bond donors (Lipinski definition) is 2. The van der Waals surface area contributed by atoms with E-state index in [0.29, 0.717) is 16.5 Å². The van der Waals surface area contributed by atoms with Crippen molar-refractivity contribution in [3.05, 3.63) is 33.8 Å². The Morgan fingerprint density at radius 2 is 2.22 bits per heavy atom. The second-order valence-electron chi connectivity index (χ2n) is 4.65. The third kappa shape index (κ3) is 3.09. The van der Waals surface area contributed by atoms with Crippen LogP contribution in [0.2, 0.25) is 0 Å². The quantitative estimate of drug-likeness (QED) is 0.836. The van der Waals surface area contributed by atoms with Crippen LogP contribution in [0.25, 0.3) is 0 Å². The molecule has 0 bridgehead atoms. The van der Waals surface area contributed by atoms with Gasteiger partial charge in [0.15, 0.2) is 0 Å². The van der Waals surface area contributed by atoms with Crippen LogP contribution in [0, 0.1) is 12.8 Å². The lowest BCUT2D eigenvalue weighted by atomic mass is 10.1. The lowest BCUT2D eigenvalue weighted by Gasteiger charge is -2.17. The molecule has 96 valence electrons. The highest BCUT2D eigenvalue weighted by Crippen LogP contribution is 2.33. The standard InChI is InChI=1S/C13H15BrN2OS/c1-7-6-9(14)4-5-10(7)13(17)16-11(12(15)18)8-2-3-8/h4-6,8,11H,2-3H2,1H3,(H2,15,18)(H,16,17). The van der Waals surface area contributed by atoms with Gasteiger partial charge in [0.05, 0.1) is 11.0 Å². The average Bonchev–Trinajstić information content (AvgIpc) is 3.08. The molecule has 1 fully saturated rings. The predicted molar refractivity (Wildman–Crippen MR) is 79.6 cm³/mol. The van der Waals surface area contributed by atoms with Crippen molar-refractivity contribution in [3.63, 3.8) is 0 Å². The van der Waals surface area contributed by atoms with Gasteiger partial charge in [0.1, 0.15) is 0 Å². The summed E-state index contributed by atoms with van der Waals surface area (Å²) >= 11 is 8.39. The van der Waals surface area contributed by atoms with Gasteiger partial charge in [0.25, 0.3) is 5.91 Å². The summed E-state index contributed by atoms with van der Waals surface area (Å²) in [5.41, 5.74) is 7.27. The first-order valence-electron chi connectivity index (χ1n) is 5.85. The van der Waals surface area contributed by atoms with Crippen molar-refractivity contribution in [3.8, 4) is 0 Å². The van der Waals surface area contributed by atoms with E-state index in [2.05, 4.69) is 21.2 Å². The number of halogens is 1. The molecular weight excluding hydrogens is 312 g/mol. The molecule has 1 aromatic carbocycles. The molecule has 5 heteroatoms. The number of rotatable bonds is 4. The van der Waals surface area contributed by atoms with E-state index < -0.39 is 0 Å². The summed E-state index contributed by atoms with van der Waals surface area (Å²) in [5.74, 6) is 0.312. The zero-order valence-corrected chi connectivity index (χ0v) is 12.5. The van der Waals surface area contributed by atoms with Crippen molar-refractivity contribution in [1.29, 1.82) is 0 Å². The van der Waals surface area contributed by atoms with Gasteiger partial charge < -0.3 is 11.1 Å². The smallest absolute Gasteiger partial charge is 0.252 e. The number of carbonyl (C=O) groups is 1. The first kappa shape index (κ1) is 13.5. The van der Waals surface area contributed by atoms with Crippen molar-refractivity contribution in [2.75, 3.05) is 0 Å². The minimum atomic E-state index is -0.171. The molecule has 3 N–H and O–H groups in total. The molecule has 1 aliphatic carbocycles. The van der Waals surface area contributed by atoms with Crippen LogP contribution < -0.4 is 11.1 Å². The fourth-order valence-corrected chi connectivity index (χ4v) is 2.68. The predicted octanol–water partition coefficient (Wildman–Crippen LogP) is 2.55. The third-order valence-corrected chi connectivity index (χ3v) is 3.87. The van der Waals surface area contributed by atoms with Gasteiger partial charge in [-0.15, -0.1) is 0 Å². The molecule has 1 amide bonds. The lowest BCUT2D eigenvalue weighted by Crippen LogP contribution is -2.45. The Balaban J connectivity index is 2.13. The van der Waals surface area contributed by atoms with Crippen molar-refractivity contribution < 1.29 is 4.79 Å². The van der Waals surface area contributed by atoms with Crippen molar-refractivity contribution in [2.24, 2.45) is 11.7 Å². The number of nitrogens with one attached hydrogen (secondary N) is 1. The molecule has 18 heavy (non-hydrogen) atoms. The van der Waals surface area contributed by atoms with Crippen LogP contribution in [0.4, 0.5) is 0 Å². The number of thiocarbonyl (C=S) groups is 1. The van der Waals surface area contributed by atoms with Crippen LogP contribution in [0.5, 0.6) is 0 Å². The van der Waals surface area contributed by atoms with Gasteiger partial charge in [-0.3, -0.25) is 4.79 Å². The Labute approximate surface area is 120 Å². The molecule has 0 aromatic heterocycles. The van der Waals surface area contributed by atoms with Crippen LogP contribution >= 0.6 is 28.1 Å². The van der Waals surface area contributed by atoms with Crippen LogP contribution in [0.1, 0.15) is 28.8 Å². The number of amides is 1. The summed E-state index contributed by atoms with van der Waals surface area (Å²) in [6.45, 7) is 1.91. The molecule has 1 aliphatic rings. The zero-order valence-electron chi connectivity index (χ0n) is 10.1. The van der Waals surface area contributed by atoms with Gasteiger partial charge in [-0.25, -0.2) is 0 Å². The molecule has 3 nitrogen and oxygen atoms in total. The fourth-order valence-electron chi connectivity index (χ4n) is 1.95. The van der Waals surface area contributed by atoms with E-state index in [-0.39, 0.29) is 11.9 Å². The molecule has 0 heterocycles. The summed E-state index contributed by atoms with van der Waals surface area (Å²) in [6.07, 6.45) is 2.17. The summed E-state index contributed by atoms with van der Waals surface area (Å²) < 4.78 is 0.963. The van der Waals surface area contributed by atoms with Crippen LogP contribution in [0.3, 0.4) is 0 Å². The summed E-state index contributed by atoms with van der Waals surface area (Å²) in [7, 11) is 0. The summed E-state index contributed by atoms with van der Waals surface area (Å²) in [6, 6.07) is 5.41. The number of hydrogen-bond acceptors (Lipinski definition) is 2. The van der Waals surface area contributed by atoms with Gasteiger partial charge in [-0.05, 0) is 49.4 Å². The second-order valence-corrected chi connectivity index (χ2v) is 6.04. The highest BCUT2D eigenvalue weighted by molar-refractivity contribution is 9.10. The van der Waals surface area contributed by atoms with E-state index in [9.17, 15) is 4.79 Å². The zero-order chi connectivity index (χ0) is 13.3. The minimum absolute atomic E-state index is 0.107. The minimum Gasteiger partial charge on any atom is -0.392 e. The number of aryl methyl sites for hydroxylation is 1. The Hall–Kier alpha value is -0.940. The largest absolute Gasteiger partial charge is 0.392 e. The van der Waals surface area contributed by atoms with Gasteiger partial charge in [0, 0.05) is 10.0 Å². The highest BCUT2D eigenvalue weighted by atomic mass is 79.9. The molecule has 0 aliphatic heterocycles. The van der Waals surface area contributed by atoms with E-state index in [0.717, 1.165) is 22.9 Å². The molecule has 0 saturated heterocycles. The number of nitrogens with two attached hydrogens (primary N) is 1. The van der Waals surface area contributed by atoms with Crippen LogP contribution in [-0.2, 0) is 0 Å². The van der Waals surface area contributed by atoms with Crippen molar-refractivity contribution in [2.45, 2.75) is 25.8 Å². The van der Waals surface area contributed by atoms with Gasteiger partial charge >= 0.3 is 0 Å². The van der Waals surface area contributed by atoms with Gasteiger partial charge in [-0.1, -0.05) is 28.1 Å². The molecule has 1 aromatic rings. The molecule has 2 rings (SSSR count). The molecule has 0 radical (unpaired) electrons. The summed E-state index contributed by atoms with van der Waals surface area (Å²) in [4.78, 5) is 12.6. The van der Waals surface area contributed by atoms with E-state index in [1.165, 1.54) is 0 Å². The monoisotopic (exact) mass is 326 g/mol. The van der Waals surface area contributed by atoms with E-state index in [1.807, 2.05) is 19.1 Å². The third-order valence-electron chi connectivity index (χ3n) is 3.12. The molecular formula is C13H15BrN2OS. The normalized spacial score (nSPS) is 16.1. The van der Waals surface area contributed by atoms with Crippen LogP contribution in [0.15, 0.2) is 22.7 Å². The number of carbonyl (C=O) groups excluding carboxylic acids is 1. The first-order chi connectivity index (χ1) is 8.49. The van der Waals surface area contributed by atoms with E-state index in [4.69, 9.17) is 18.0 Å². The molecule has 1 unspecified atom stereocenters. The Bertz CT molecular complexity index is 500. The maximum absolute atomic E-state index is 12.2. The topological polar surface area (TPSA) is 55.1 Å². The Morgan fingerprint density at radius 1 is 1.56 bits per heavy atom. The maximum atomic E-state index is 12.2. The van der Waals surface area contributed by atoms with Crippen LogP contribution in [-0.4, -0.2) is 16.9 Å². The fraction of sp³-hybridized carbons (Fsp3) is 0.385. The average molecular weight is 327 g/mol. The molecule has 1 saturated carbocycles. The highest BCUT2D eigenvalue weighted by Gasteiger charge is 2.34. The van der Waals surface area contributed by atoms with Gasteiger partial charge in [0.2, 0.25) is 0 Å². The maximum Gasteiger partial charge on any atom is 0.252 e. The van der Waals surface area contributed by atoms with E-state index in [1.54, 1.807) is 6.07 Å². The van der Waals surface area contributed by atoms with Gasteiger partial charge in [-0.2, -0.15) is 0 Å². The van der Waals surface area contributed by atoms with Crippen molar-refractivity contribution >= 4 is 39.0 Å². The van der Waals surface area contributed by atoms with Crippen molar-refractivity contribution in [1.82, 2.24) is 5.32 Å². The Kier molecular flexibility index (Phi) is 4.02.